The smallest absolute Gasteiger partial charge is 0.224 e. The van der Waals surface area contributed by atoms with Gasteiger partial charge in [0.2, 0.25) is 5.95 Å². The van der Waals surface area contributed by atoms with E-state index in [0.717, 1.165) is 24.3 Å². The number of rotatable bonds is 6. The zero-order valence-corrected chi connectivity index (χ0v) is 14.0. The molecule has 1 aliphatic rings. The molecule has 2 aromatic rings. The molecule has 3 rings (SSSR count). The summed E-state index contributed by atoms with van der Waals surface area (Å²) in [4.78, 5) is 8.82. The van der Waals surface area contributed by atoms with Gasteiger partial charge in [-0.15, -0.1) is 0 Å². The second-order valence-corrected chi connectivity index (χ2v) is 6.40. The highest BCUT2D eigenvalue weighted by Crippen LogP contribution is 2.20. The summed E-state index contributed by atoms with van der Waals surface area (Å²) in [5.41, 5.74) is 1.09. The van der Waals surface area contributed by atoms with Crippen LogP contribution in [0, 0.1) is 5.82 Å². The quantitative estimate of drug-likeness (QED) is 0.772. The fourth-order valence-corrected chi connectivity index (χ4v) is 3.13. The van der Waals surface area contributed by atoms with Gasteiger partial charge in [0.15, 0.2) is 0 Å². The summed E-state index contributed by atoms with van der Waals surface area (Å²) in [5, 5.41) is 6.78. The van der Waals surface area contributed by atoms with E-state index in [1.165, 1.54) is 50.7 Å². The molecule has 0 saturated heterocycles. The molecule has 0 amide bonds. The summed E-state index contributed by atoms with van der Waals surface area (Å²) < 4.78 is 12.9. The first kappa shape index (κ1) is 16.7. The summed E-state index contributed by atoms with van der Waals surface area (Å²) in [6.45, 7) is 0.721. The fraction of sp³-hybridized carbons (Fsp3) is 0.474. The minimum atomic E-state index is -0.202. The van der Waals surface area contributed by atoms with Gasteiger partial charge in [-0.1, -0.05) is 37.8 Å². The maximum atomic E-state index is 12.9. The number of hydrogen-bond donors (Lipinski definition) is 2. The number of aromatic nitrogens is 2. The van der Waals surface area contributed by atoms with Gasteiger partial charge in [0.25, 0.3) is 0 Å². The van der Waals surface area contributed by atoms with Gasteiger partial charge in [0.05, 0.1) is 0 Å². The number of nitrogens with one attached hydrogen (secondary N) is 2. The van der Waals surface area contributed by atoms with Crippen molar-refractivity contribution in [2.24, 2.45) is 0 Å². The van der Waals surface area contributed by atoms with Crippen LogP contribution in [0.1, 0.15) is 44.1 Å². The van der Waals surface area contributed by atoms with E-state index in [2.05, 4.69) is 20.6 Å². The Balaban J connectivity index is 1.50. The van der Waals surface area contributed by atoms with E-state index in [4.69, 9.17) is 0 Å². The topological polar surface area (TPSA) is 49.8 Å². The van der Waals surface area contributed by atoms with Gasteiger partial charge in [-0.25, -0.2) is 9.37 Å². The second-order valence-electron chi connectivity index (χ2n) is 6.40. The molecule has 1 aliphatic carbocycles. The van der Waals surface area contributed by atoms with Crippen LogP contribution in [0.15, 0.2) is 36.5 Å². The number of anilines is 2. The van der Waals surface area contributed by atoms with Crippen LogP contribution in [0.5, 0.6) is 0 Å². The van der Waals surface area contributed by atoms with Crippen molar-refractivity contribution in [3.8, 4) is 0 Å². The van der Waals surface area contributed by atoms with E-state index in [0.29, 0.717) is 12.0 Å². The molecule has 128 valence electrons. The Labute approximate surface area is 142 Å². The van der Waals surface area contributed by atoms with Crippen LogP contribution in [-0.2, 0) is 6.42 Å². The first-order chi connectivity index (χ1) is 11.8. The van der Waals surface area contributed by atoms with E-state index in [1.807, 2.05) is 18.2 Å². The SMILES string of the molecule is Fc1ccc(CCNc2nccc(NC3CCCCCC3)n2)cc1. The number of nitrogens with zero attached hydrogens (tertiary/aromatic N) is 2. The van der Waals surface area contributed by atoms with Gasteiger partial charge in [-0.3, -0.25) is 0 Å². The van der Waals surface area contributed by atoms with Gasteiger partial charge >= 0.3 is 0 Å². The monoisotopic (exact) mass is 328 g/mol. The summed E-state index contributed by atoms with van der Waals surface area (Å²) in [6, 6.07) is 9.04. The molecule has 0 spiro atoms. The van der Waals surface area contributed by atoms with Crippen LogP contribution in [0.25, 0.3) is 0 Å². The van der Waals surface area contributed by atoms with Gasteiger partial charge in [0, 0.05) is 18.8 Å². The van der Waals surface area contributed by atoms with Crippen LogP contribution in [-0.4, -0.2) is 22.6 Å². The zero-order valence-electron chi connectivity index (χ0n) is 14.0. The Morgan fingerprint density at radius 3 is 2.50 bits per heavy atom. The molecule has 1 fully saturated rings. The molecular weight excluding hydrogens is 303 g/mol. The molecule has 0 unspecified atom stereocenters. The first-order valence-corrected chi connectivity index (χ1v) is 8.87. The summed E-state index contributed by atoms with van der Waals surface area (Å²) in [7, 11) is 0. The fourth-order valence-electron chi connectivity index (χ4n) is 3.13. The van der Waals surface area contributed by atoms with Gasteiger partial charge in [0.1, 0.15) is 11.6 Å². The lowest BCUT2D eigenvalue weighted by Gasteiger charge is -2.17. The van der Waals surface area contributed by atoms with E-state index in [-0.39, 0.29) is 5.82 Å². The lowest BCUT2D eigenvalue weighted by atomic mass is 10.1. The van der Waals surface area contributed by atoms with E-state index in [9.17, 15) is 4.39 Å². The molecule has 1 aromatic heterocycles. The van der Waals surface area contributed by atoms with E-state index < -0.39 is 0 Å². The highest BCUT2D eigenvalue weighted by atomic mass is 19.1. The highest BCUT2D eigenvalue weighted by Gasteiger charge is 2.12. The summed E-state index contributed by atoms with van der Waals surface area (Å²) in [6.07, 6.45) is 10.3. The molecule has 0 bridgehead atoms. The normalized spacial score (nSPS) is 15.7. The lowest BCUT2D eigenvalue weighted by molar-refractivity contribution is 0.617. The van der Waals surface area contributed by atoms with Crippen molar-refractivity contribution in [3.63, 3.8) is 0 Å². The summed E-state index contributed by atoms with van der Waals surface area (Å²) in [5.74, 6) is 1.32. The molecule has 24 heavy (non-hydrogen) atoms. The lowest BCUT2D eigenvalue weighted by Crippen LogP contribution is -2.19. The Bertz CT molecular complexity index is 622. The molecule has 0 aliphatic heterocycles. The van der Waals surface area contributed by atoms with Crippen LogP contribution in [0.4, 0.5) is 16.2 Å². The first-order valence-electron chi connectivity index (χ1n) is 8.87. The van der Waals surface area contributed by atoms with Crippen LogP contribution < -0.4 is 10.6 Å². The molecule has 4 nitrogen and oxygen atoms in total. The van der Waals surface area contributed by atoms with Crippen molar-refractivity contribution in [1.82, 2.24) is 9.97 Å². The maximum Gasteiger partial charge on any atom is 0.224 e. The van der Waals surface area contributed by atoms with Gasteiger partial charge in [-0.2, -0.15) is 4.98 Å². The van der Waals surface area contributed by atoms with Crippen molar-refractivity contribution in [2.75, 3.05) is 17.2 Å². The Morgan fingerprint density at radius 2 is 1.75 bits per heavy atom. The Morgan fingerprint density at radius 1 is 1.00 bits per heavy atom. The minimum Gasteiger partial charge on any atom is -0.367 e. The molecule has 2 N–H and O–H groups in total. The van der Waals surface area contributed by atoms with Crippen molar-refractivity contribution in [2.45, 2.75) is 51.0 Å². The average molecular weight is 328 g/mol. The zero-order chi connectivity index (χ0) is 16.6. The van der Waals surface area contributed by atoms with E-state index >= 15 is 0 Å². The maximum absolute atomic E-state index is 12.9. The van der Waals surface area contributed by atoms with Crippen LogP contribution in [0.2, 0.25) is 0 Å². The molecule has 0 atom stereocenters. The van der Waals surface area contributed by atoms with Crippen LogP contribution >= 0.6 is 0 Å². The number of halogens is 1. The predicted octanol–water partition coefficient (Wildman–Crippen LogP) is 4.41. The third kappa shape index (κ3) is 5.18. The number of benzene rings is 1. The molecule has 0 radical (unpaired) electrons. The van der Waals surface area contributed by atoms with Crippen LogP contribution in [0.3, 0.4) is 0 Å². The Kier molecular flexibility index (Phi) is 5.99. The molecular formula is C19H25FN4. The standard InChI is InChI=1S/C19H25FN4/c20-16-9-7-15(8-10-16)11-13-21-19-22-14-12-18(24-19)23-17-5-3-1-2-4-6-17/h7-10,12,14,17H,1-6,11,13H2,(H2,21,22,23,24). The summed E-state index contributed by atoms with van der Waals surface area (Å²) >= 11 is 0. The highest BCUT2D eigenvalue weighted by molar-refractivity contribution is 5.40. The molecule has 1 saturated carbocycles. The second kappa shape index (κ2) is 8.62. The minimum absolute atomic E-state index is 0.202. The van der Waals surface area contributed by atoms with Crippen molar-refractivity contribution < 1.29 is 4.39 Å². The van der Waals surface area contributed by atoms with E-state index in [1.54, 1.807) is 6.20 Å². The van der Waals surface area contributed by atoms with Crippen molar-refractivity contribution in [1.29, 1.82) is 0 Å². The third-order valence-electron chi connectivity index (χ3n) is 4.47. The Hall–Kier alpha value is -2.17. The average Bonchev–Trinajstić information content (AvgIpc) is 2.86. The number of hydrogen-bond acceptors (Lipinski definition) is 4. The van der Waals surface area contributed by atoms with Gasteiger partial charge in [-0.05, 0) is 43.0 Å². The van der Waals surface area contributed by atoms with Crippen molar-refractivity contribution >= 4 is 11.8 Å². The largest absolute Gasteiger partial charge is 0.367 e. The molecule has 1 heterocycles. The van der Waals surface area contributed by atoms with Crippen molar-refractivity contribution in [3.05, 3.63) is 47.9 Å². The molecule has 1 aromatic carbocycles. The predicted molar refractivity (Wildman–Crippen MR) is 95.7 cm³/mol. The van der Waals surface area contributed by atoms with Gasteiger partial charge < -0.3 is 10.6 Å². The third-order valence-corrected chi connectivity index (χ3v) is 4.47. The molecule has 5 heteroatoms.